The molecular weight excluding hydrogens is 442 g/mol. The molecule has 35 heavy (non-hydrogen) atoms. The Morgan fingerprint density at radius 1 is 1.11 bits per heavy atom. The minimum Gasteiger partial charge on any atom is -0.363 e. The number of carbonyl (C=O) groups is 2. The number of aliphatic hydroxyl groups is 1. The van der Waals surface area contributed by atoms with Crippen molar-refractivity contribution in [2.24, 2.45) is 39.9 Å². The molecule has 0 aromatic heterocycles. The maximum atomic E-state index is 14.1. The summed E-state index contributed by atoms with van der Waals surface area (Å²) in [4.78, 5) is 29.9. The van der Waals surface area contributed by atoms with E-state index in [0.717, 1.165) is 50.6 Å². The normalized spacial score (nSPS) is 64.0. The number of carbonyl (C=O) groups excluding carboxylic acids is 2. The molecular formula is C29H39NO5. The Bertz CT molecular complexity index is 1130. The third-order valence-corrected chi connectivity index (χ3v) is 13.2. The molecule has 6 heteroatoms. The number of hydrogen-bond acceptors (Lipinski definition) is 6. The fraction of sp³-hybridized carbons (Fsp3) is 0.862. The van der Waals surface area contributed by atoms with Gasteiger partial charge in [0.1, 0.15) is 17.6 Å². The van der Waals surface area contributed by atoms with Gasteiger partial charge in [-0.1, -0.05) is 33.3 Å². The summed E-state index contributed by atoms with van der Waals surface area (Å²) in [5.74, 6) is -0.779. The van der Waals surface area contributed by atoms with Gasteiger partial charge in [0, 0.05) is 35.6 Å². The van der Waals surface area contributed by atoms with Crippen LogP contribution in [0.15, 0.2) is 11.6 Å². The van der Waals surface area contributed by atoms with Gasteiger partial charge in [0.05, 0.1) is 11.6 Å². The van der Waals surface area contributed by atoms with E-state index < -0.39 is 11.2 Å². The van der Waals surface area contributed by atoms with Crippen LogP contribution in [0.2, 0.25) is 0 Å². The number of rotatable bonds is 0. The Morgan fingerprint density at radius 3 is 2.66 bits per heavy atom. The monoisotopic (exact) mass is 481 g/mol. The van der Waals surface area contributed by atoms with E-state index in [4.69, 9.17) is 9.47 Å². The molecule has 3 saturated carbocycles. The lowest BCUT2D eigenvalue weighted by molar-refractivity contribution is -0.313. The van der Waals surface area contributed by atoms with Gasteiger partial charge in [0.25, 0.3) is 0 Å². The molecule has 6 nitrogen and oxygen atoms in total. The number of epoxide rings is 1. The molecule has 1 spiro atoms. The summed E-state index contributed by atoms with van der Waals surface area (Å²) >= 11 is 0. The van der Waals surface area contributed by atoms with Gasteiger partial charge in [-0.05, 0) is 68.8 Å². The summed E-state index contributed by atoms with van der Waals surface area (Å²) in [7, 11) is 0. The molecule has 1 N–H and O–H groups in total. The topological polar surface area (TPSA) is 79.4 Å². The van der Waals surface area contributed by atoms with E-state index in [1.807, 2.05) is 0 Å². The number of ketones is 2. The van der Waals surface area contributed by atoms with Crippen LogP contribution in [0.1, 0.15) is 79.6 Å². The van der Waals surface area contributed by atoms with E-state index in [1.54, 1.807) is 6.08 Å². The average Bonchev–Trinajstić information content (AvgIpc) is 3.37. The van der Waals surface area contributed by atoms with Gasteiger partial charge in [-0.2, -0.15) is 0 Å². The SMILES string of the molecule is CC1=CC(=O)C2CC(=O)C3C(C)(CC45C6OC6(O)C3(C)C4(C)CCC34CC(C)CC(CN35)O4)C2C1. The number of piperidine rings is 1. The van der Waals surface area contributed by atoms with Crippen molar-refractivity contribution in [3.63, 3.8) is 0 Å². The summed E-state index contributed by atoms with van der Waals surface area (Å²) in [6.07, 6.45) is 7.67. The molecule has 7 fully saturated rings. The van der Waals surface area contributed by atoms with Crippen molar-refractivity contribution in [3.05, 3.63) is 11.6 Å². The third-order valence-electron chi connectivity index (χ3n) is 13.2. The van der Waals surface area contributed by atoms with Crippen molar-refractivity contribution >= 4 is 11.6 Å². The fourth-order valence-corrected chi connectivity index (χ4v) is 12.1. The zero-order chi connectivity index (χ0) is 24.6. The third kappa shape index (κ3) is 1.98. The Hall–Kier alpha value is -1.08. The minimum atomic E-state index is -1.29. The first-order valence-corrected chi connectivity index (χ1v) is 14.0. The molecule has 0 amide bonds. The van der Waals surface area contributed by atoms with Crippen LogP contribution in [-0.2, 0) is 19.1 Å². The van der Waals surface area contributed by atoms with Crippen molar-refractivity contribution in [3.8, 4) is 0 Å². The van der Waals surface area contributed by atoms with Crippen LogP contribution in [0.3, 0.4) is 0 Å². The Kier molecular flexibility index (Phi) is 3.65. The van der Waals surface area contributed by atoms with E-state index in [2.05, 4.69) is 39.5 Å². The number of nitrogens with zero attached hydrogens (tertiary/aromatic N) is 1. The van der Waals surface area contributed by atoms with Crippen molar-refractivity contribution in [1.29, 1.82) is 0 Å². The van der Waals surface area contributed by atoms with Gasteiger partial charge < -0.3 is 14.6 Å². The van der Waals surface area contributed by atoms with Crippen LogP contribution in [0, 0.1) is 39.9 Å². The molecule has 12 unspecified atom stereocenters. The van der Waals surface area contributed by atoms with E-state index in [1.165, 1.54) is 0 Å². The van der Waals surface area contributed by atoms with Gasteiger partial charge >= 0.3 is 0 Å². The quantitative estimate of drug-likeness (QED) is 0.533. The zero-order valence-corrected chi connectivity index (χ0v) is 21.7. The number of ether oxygens (including phenoxy) is 2. The largest absolute Gasteiger partial charge is 0.363 e. The highest BCUT2D eigenvalue weighted by Gasteiger charge is 2.97. The van der Waals surface area contributed by atoms with Crippen LogP contribution >= 0.6 is 0 Å². The van der Waals surface area contributed by atoms with Crippen molar-refractivity contribution in [2.75, 3.05) is 6.54 Å². The molecule has 190 valence electrons. The Morgan fingerprint density at radius 2 is 1.89 bits per heavy atom. The highest BCUT2D eigenvalue weighted by atomic mass is 16.7. The second-order valence-electron chi connectivity index (χ2n) is 14.6. The highest BCUT2D eigenvalue weighted by molar-refractivity contribution is 5.98. The maximum Gasteiger partial charge on any atom is 0.201 e. The first kappa shape index (κ1) is 22.0. The van der Waals surface area contributed by atoms with Crippen molar-refractivity contribution in [1.82, 2.24) is 4.90 Å². The van der Waals surface area contributed by atoms with Crippen LogP contribution in [0.4, 0.5) is 0 Å². The van der Waals surface area contributed by atoms with E-state index in [0.29, 0.717) is 12.3 Å². The second kappa shape index (κ2) is 5.82. The van der Waals surface area contributed by atoms with Crippen LogP contribution in [0.5, 0.6) is 0 Å². The number of hydrogen-bond donors (Lipinski definition) is 1. The molecule has 4 saturated heterocycles. The van der Waals surface area contributed by atoms with Gasteiger partial charge in [-0.25, -0.2) is 0 Å². The molecule has 0 aromatic rings. The van der Waals surface area contributed by atoms with Gasteiger partial charge in [0.2, 0.25) is 5.79 Å². The molecule has 4 aliphatic heterocycles. The molecule has 0 aromatic carbocycles. The average molecular weight is 482 g/mol. The van der Waals surface area contributed by atoms with Crippen molar-refractivity contribution < 1.29 is 24.2 Å². The molecule has 4 bridgehead atoms. The minimum absolute atomic E-state index is 0.129. The van der Waals surface area contributed by atoms with Crippen molar-refractivity contribution in [2.45, 2.75) is 109 Å². The zero-order valence-electron chi connectivity index (χ0n) is 21.7. The molecule has 4 heterocycles. The first-order valence-electron chi connectivity index (χ1n) is 14.0. The molecule has 0 radical (unpaired) electrons. The lowest BCUT2D eigenvalue weighted by Crippen LogP contribution is -2.79. The smallest absolute Gasteiger partial charge is 0.201 e. The van der Waals surface area contributed by atoms with Gasteiger partial charge in [-0.3, -0.25) is 14.5 Å². The number of allylic oxidation sites excluding steroid dienone is 2. The summed E-state index contributed by atoms with van der Waals surface area (Å²) in [5, 5.41) is 12.2. The van der Waals surface area contributed by atoms with E-state index >= 15 is 0 Å². The van der Waals surface area contributed by atoms with Crippen LogP contribution < -0.4 is 0 Å². The molecule has 12 atom stereocenters. The second-order valence-corrected chi connectivity index (χ2v) is 14.6. The lowest BCUT2D eigenvalue weighted by atomic mass is 9.35. The molecule has 8 rings (SSSR count). The van der Waals surface area contributed by atoms with E-state index in [9.17, 15) is 14.7 Å². The van der Waals surface area contributed by atoms with E-state index in [-0.39, 0.29) is 63.6 Å². The molecule has 8 aliphatic rings. The summed E-state index contributed by atoms with van der Waals surface area (Å²) in [6, 6.07) is 0. The predicted molar refractivity (Wildman–Crippen MR) is 127 cm³/mol. The van der Waals surface area contributed by atoms with Gasteiger partial charge in [0.15, 0.2) is 5.78 Å². The van der Waals surface area contributed by atoms with Crippen LogP contribution in [-0.4, -0.2) is 57.4 Å². The highest BCUT2D eigenvalue weighted by Crippen LogP contribution is 2.87. The summed E-state index contributed by atoms with van der Waals surface area (Å²) in [6.45, 7) is 12.1. The fourth-order valence-electron chi connectivity index (χ4n) is 12.1. The Labute approximate surface area is 207 Å². The number of fused-ring (bicyclic) bond motifs is 7. The molecule has 4 aliphatic carbocycles. The first-order chi connectivity index (χ1) is 16.4. The lowest BCUT2D eigenvalue weighted by Gasteiger charge is -2.73. The standard InChI is InChI=1S/C29H39NO5/c1-15-9-19-18(20(31)10-15)11-21(32)22-24(19,3)14-28-23-29(33,35-23)26(22,5)25(28,4)6-7-27-12-16(2)8-17(34-27)13-30(27)28/h10,16-19,22-23,33H,6-9,11-14H2,1-5H3. The maximum absolute atomic E-state index is 14.1. The summed E-state index contributed by atoms with van der Waals surface area (Å²) in [5.41, 5.74) is -0.876. The van der Waals surface area contributed by atoms with Gasteiger partial charge in [-0.15, -0.1) is 0 Å². The predicted octanol–water partition coefficient (Wildman–Crippen LogP) is 3.61. The Balaban J connectivity index is 1.36. The van der Waals surface area contributed by atoms with Crippen LogP contribution in [0.25, 0.3) is 0 Å². The summed E-state index contributed by atoms with van der Waals surface area (Å²) < 4.78 is 13.2. The number of Topliss-reactive ketones (excluding diaryl/α,β-unsaturated/α-hetero) is 1.